The number of amides is 2. The Morgan fingerprint density at radius 1 is 1.35 bits per heavy atom. The van der Waals surface area contributed by atoms with Crippen LogP contribution in [-0.4, -0.2) is 71.1 Å². The molecule has 0 bridgehead atoms. The van der Waals surface area contributed by atoms with E-state index in [-0.39, 0.29) is 18.3 Å². The van der Waals surface area contributed by atoms with Gasteiger partial charge in [0.2, 0.25) is 5.91 Å². The molecule has 1 aromatic heterocycles. The summed E-state index contributed by atoms with van der Waals surface area (Å²) in [5.41, 5.74) is 0. The molecule has 3 rings (SSSR count). The average Bonchev–Trinajstić information content (AvgIpc) is 3.18. The molecule has 126 valence electrons. The van der Waals surface area contributed by atoms with E-state index in [1.807, 2.05) is 0 Å². The molecule has 0 atom stereocenters. The molecule has 1 spiro atoms. The summed E-state index contributed by atoms with van der Waals surface area (Å²) in [7, 11) is 1.25. The van der Waals surface area contributed by atoms with Gasteiger partial charge in [0.25, 0.3) is 0 Å². The van der Waals surface area contributed by atoms with E-state index in [1.54, 1.807) is 4.90 Å². The Hall–Kier alpha value is -2.20. The lowest BCUT2D eigenvalue weighted by atomic mass is 10.0. The third kappa shape index (κ3) is 3.59. The van der Waals surface area contributed by atoms with E-state index in [4.69, 9.17) is 9.47 Å². The normalized spacial score (nSPS) is 19.8. The van der Waals surface area contributed by atoms with Crippen molar-refractivity contribution in [1.29, 1.82) is 0 Å². The van der Waals surface area contributed by atoms with Gasteiger partial charge in [-0.3, -0.25) is 10.1 Å². The van der Waals surface area contributed by atoms with Crippen molar-refractivity contribution < 1.29 is 23.8 Å². The Kier molecular flexibility index (Phi) is 4.44. The third-order valence-electron chi connectivity index (χ3n) is 3.92. The second-order valence-corrected chi connectivity index (χ2v) is 5.37. The van der Waals surface area contributed by atoms with Gasteiger partial charge in [-0.25, -0.2) is 4.79 Å². The smallest absolute Gasteiger partial charge is 0.412 e. The molecule has 2 amide bonds. The molecule has 0 saturated carbocycles. The van der Waals surface area contributed by atoms with Gasteiger partial charge in [0.05, 0.1) is 26.5 Å². The summed E-state index contributed by atoms with van der Waals surface area (Å²) in [6.45, 7) is 2.39. The van der Waals surface area contributed by atoms with E-state index in [1.165, 1.54) is 18.1 Å². The monoisotopic (exact) mass is 325 g/mol. The lowest BCUT2D eigenvalue weighted by Gasteiger charge is -2.37. The van der Waals surface area contributed by atoms with Crippen molar-refractivity contribution in [3.63, 3.8) is 0 Å². The molecule has 23 heavy (non-hydrogen) atoms. The molecule has 10 heteroatoms. The highest BCUT2D eigenvalue weighted by Crippen LogP contribution is 2.31. The van der Waals surface area contributed by atoms with Crippen LogP contribution in [0, 0.1) is 0 Å². The number of hydrogen-bond donors (Lipinski definition) is 1. The van der Waals surface area contributed by atoms with Crippen LogP contribution in [-0.2, 0) is 25.5 Å². The van der Waals surface area contributed by atoms with Crippen LogP contribution in [0.2, 0.25) is 0 Å². The predicted octanol–water partition coefficient (Wildman–Crippen LogP) is -0.178. The Morgan fingerprint density at radius 2 is 2.04 bits per heavy atom. The van der Waals surface area contributed by atoms with Crippen LogP contribution in [0.15, 0.2) is 6.20 Å². The number of nitrogens with zero attached hydrogens (tertiary/aromatic N) is 4. The fourth-order valence-electron chi connectivity index (χ4n) is 2.69. The van der Waals surface area contributed by atoms with E-state index < -0.39 is 11.9 Å². The number of piperidine rings is 1. The van der Waals surface area contributed by atoms with Crippen molar-refractivity contribution >= 4 is 17.8 Å². The van der Waals surface area contributed by atoms with Gasteiger partial charge in [-0.15, -0.1) is 5.10 Å². The highest BCUT2D eigenvalue weighted by Gasteiger charge is 2.40. The van der Waals surface area contributed by atoms with Gasteiger partial charge in [0.1, 0.15) is 6.54 Å². The molecule has 3 heterocycles. The lowest BCUT2D eigenvalue weighted by Crippen LogP contribution is -2.48. The van der Waals surface area contributed by atoms with Crippen LogP contribution in [0.5, 0.6) is 0 Å². The molecule has 0 aromatic carbocycles. The predicted molar refractivity (Wildman–Crippen MR) is 76.5 cm³/mol. The molecule has 10 nitrogen and oxygen atoms in total. The van der Waals surface area contributed by atoms with Gasteiger partial charge in [-0.2, -0.15) is 9.90 Å². The van der Waals surface area contributed by atoms with Crippen LogP contribution in [0.4, 0.5) is 10.6 Å². The minimum Gasteiger partial charge on any atom is -0.453 e. The molecule has 2 aliphatic rings. The summed E-state index contributed by atoms with van der Waals surface area (Å²) in [6, 6.07) is 0. The van der Waals surface area contributed by atoms with Crippen LogP contribution < -0.4 is 5.32 Å². The molecule has 2 saturated heterocycles. The Labute approximate surface area is 132 Å². The maximum Gasteiger partial charge on any atom is 0.412 e. The quantitative estimate of drug-likeness (QED) is 0.821. The zero-order valence-electron chi connectivity index (χ0n) is 12.9. The van der Waals surface area contributed by atoms with Crippen LogP contribution in [0.3, 0.4) is 0 Å². The summed E-state index contributed by atoms with van der Waals surface area (Å²) in [4.78, 5) is 26.3. The average molecular weight is 325 g/mol. The molecular weight excluding hydrogens is 306 g/mol. The first-order chi connectivity index (χ1) is 11.1. The molecule has 1 aromatic rings. The van der Waals surface area contributed by atoms with E-state index in [0.717, 1.165) is 0 Å². The molecule has 1 N–H and O–H groups in total. The maximum absolute atomic E-state index is 12.3. The first-order valence-corrected chi connectivity index (χ1v) is 7.41. The van der Waals surface area contributed by atoms with Gasteiger partial charge < -0.3 is 19.1 Å². The Balaban J connectivity index is 1.50. The standard InChI is InChI=1S/C13H19N5O5/c1-21-12(20)15-10-8-14-18(16-10)9-11(19)17-4-2-13(3-5-17)22-6-7-23-13/h8H,2-7,9H2,1H3,(H,15,16,20). The third-order valence-corrected chi connectivity index (χ3v) is 3.92. The van der Waals surface area contributed by atoms with Gasteiger partial charge in [0.15, 0.2) is 11.6 Å². The zero-order valence-corrected chi connectivity index (χ0v) is 12.9. The number of aromatic nitrogens is 3. The van der Waals surface area contributed by atoms with Crippen LogP contribution in [0.1, 0.15) is 12.8 Å². The minimum absolute atomic E-state index is 0.0115. The fourth-order valence-corrected chi connectivity index (χ4v) is 2.69. The summed E-state index contributed by atoms with van der Waals surface area (Å²) in [5, 5.41) is 10.3. The fraction of sp³-hybridized carbons (Fsp3) is 0.692. The van der Waals surface area contributed by atoms with Crippen molar-refractivity contribution in [3.05, 3.63) is 6.20 Å². The van der Waals surface area contributed by atoms with Gasteiger partial charge in [-0.1, -0.05) is 0 Å². The highest BCUT2D eigenvalue weighted by atomic mass is 16.7. The molecular formula is C13H19N5O5. The number of carbonyl (C=O) groups is 2. The van der Waals surface area contributed by atoms with Crippen molar-refractivity contribution in [1.82, 2.24) is 19.9 Å². The number of methoxy groups -OCH3 is 1. The van der Waals surface area contributed by atoms with Gasteiger partial charge in [0, 0.05) is 25.9 Å². The molecule has 2 fully saturated rings. The SMILES string of the molecule is COC(=O)Nc1cnn(CC(=O)N2CCC3(CC2)OCCO3)n1. The summed E-state index contributed by atoms with van der Waals surface area (Å²) < 4.78 is 15.7. The van der Waals surface area contributed by atoms with E-state index in [9.17, 15) is 9.59 Å². The Bertz CT molecular complexity index is 573. The Morgan fingerprint density at radius 3 is 2.70 bits per heavy atom. The molecule has 0 aliphatic carbocycles. The first kappa shape index (κ1) is 15.7. The topological polar surface area (TPSA) is 108 Å². The zero-order chi connectivity index (χ0) is 16.3. The second-order valence-electron chi connectivity index (χ2n) is 5.37. The molecule has 0 radical (unpaired) electrons. The number of nitrogens with one attached hydrogen (secondary N) is 1. The highest BCUT2D eigenvalue weighted by molar-refractivity contribution is 5.82. The van der Waals surface area contributed by atoms with Crippen LogP contribution in [0.25, 0.3) is 0 Å². The van der Waals surface area contributed by atoms with Crippen molar-refractivity contribution in [2.45, 2.75) is 25.2 Å². The summed E-state index contributed by atoms with van der Waals surface area (Å²) in [6.07, 6.45) is 2.05. The molecule has 0 unspecified atom stereocenters. The number of ether oxygens (including phenoxy) is 3. The number of likely N-dealkylation sites (tertiary alicyclic amines) is 1. The van der Waals surface area contributed by atoms with Crippen LogP contribution >= 0.6 is 0 Å². The maximum atomic E-state index is 12.3. The number of carbonyl (C=O) groups excluding carboxylic acids is 2. The van der Waals surface area contributed by atoms with Crippen molar-refractivity contribution in [2.75, 3.05) is 38.7 Å². The first-order valence-electron chi connectivity index (χ1n) is 7.41. The largest absolute Gasteiger partial charge is 0.453 e. The van der Waals surface area contributed by atoms with E-state index >= 15 is 0 Å². The minimum atomic E-state index is -0.638. The number of hydrogen-bond acceptors (Lipinski definition) is 7. The van der Waals surface area contributed by atoms with Crippen molar-refractivity contribution in [3.8, 4) is 0 Å². The summed E-state index contributed by atoms with van der Waals surface area (Å²) >= 11 is 0. The number of rotatable bonds is 3. The second kappa shape index (κ2) is 6.50. The van der Waals surface area contributed by atoms with Gasteiger partial charge >= 0.3 is 6.09 Å². The molecule has 2 aliphatic heterocycles. The van der Waals surface area contributed by atoms with Gasteiger partial charge in [-0.05, 0) is 0 Å². The van der Waals surface area contributed by atoms with E-state index in [0.29, 0.717) is 39.1 Å². The number of anilines is 1. The summed E-state index contributed by atoms with van der Waals surface area (Å²) in [5.74, 6) is -0.355. The van der Waals surface area contributed by atoms with Crippen molar-refractivity contribution in [2.24, 2.45) is 0 Å². The van der Waals surface area contributed by atoms with E-state index in [2.05, 4.69) is 20.3 Å². The lowest BCUT2D eigenvalue weighted by molar-refractivity contribution is -0.187.